The van der Waals surface area contributed by atoms with Crippen molar-refractivity contribution in [3.8, 4) is 6.07 Å². The summed E-state index contributed by atoms with van der Waals surface area (Å²) in [4.78, 5) is 0.295. The van der Waals surface area contributed by atoms with Crippen molar-refractivity contribution in [2.45, 2.75) is 10.6 Å². The number of nitrogens with zero attached hydrogens (tertiary/aromatic N) is 1. The van der Waals surface area contributed by atoms with Crippen LogP contribution < -0.4 is 0 Å². The van der Waals surface area contributed by atoms with Crippen molar-refractivity contribution in [2.75, 3.05) is 0 Å². The van der Waals surface area contributed by atoms with E-state index in [1.54, 1.807) is 18.2 Å². The minimum atomic E-state index is -1.56. The highest BCUT2D eigenvalue weighted by Crippen LogP contribution is 2.29. The van der Waals surface area contributed by atoms with Gasteiger partial charge in [-0.1, -0.05) is 29.3 Å². The zero-order valence-electron chi connectivity index (χ0n) is 10.1. The Morgan fingerprint density at radius 1 is 1.20 bits per heavy atom. The highest BCUT2D eigenvalue weighted by molar-refractivity contribution is 7.84. The van der Waals surface area contributed by atoms with Gasteiger partial charge in [0.05, 0.1) is 43.1 Å². The van der Waals surface area contributed by atoms with Gasteiger partial charge < -0.3 is 0 Å². The number of hydrogen-bond acceptors (Lipinski definition) is 2. The second-order valence-corrected chi connectivity index (χ2v) is 6.16. The summed E-state index contributed by atoms with van der Waals surface area (Å²) >= 11 is 12.0. The Kier molecular flexibility index (Phi) is 4.77. The molecule has 2 nitrogen and oxygen atoms in total. The molecule has 0 aromatic heterocycles. The van der Waals surface area contributed by atoms with E-state index in [0.717, 1.165) is 0 Å². The molecule has 0 aliphatic rings. The fraction of sp³-hybridized carbons (Fsp3) is 0.0714. The van der Waals surface area contributed by atoms with E-state index in [0.29, 0.717) is 10.5 Å². The average molecular weight is 328 g/mol. The van der Waals surface area contributed by atoms with Crippen molar-refractivity contribution in [1.82, 2.24) is 0 Å². The van der Waals surface area contributed by atoms with Gasteiger partial charge >= 0.3 is 0 Å². The van der Waals surface area contributed by atoms with Gasteiger partial charge in [-0.05, 0) is 35.9 Å². The van der Waals surface area contributed by atoms with E-state index in [2.05, 4.69) is 0 Å². The Bertz CT molecular complexity index is 707. The van der Waals surface area contributed by atoms with E-state index < -0.39 is 16.6 Å². The third kappa shape index (κ3) is 3.18. The quantitative estimate of drug-likeness (QED) is 0.842. The maximum Gasteiger partial charge on any atom is 0.123 e. The lowest BCUT2D eigenvalue weighted by Gasteiger charge is -2.08. The molecule has 0 saturated heterocycles. The minimum absolute atomic E-state index is 0.0237. The van der Waals surface area contributed by atoms with E-state index in [1.165, 1.54) is 18.2 Å². The molecule has 0 saturated carbocycles. The van der Waals surface area contributed by atoms with Crippen LogP contribution in [0.25, 0.3) is 0 Å². The number of nitriles is 1. The summed E-state index contributed by atoms with van der Waals surface area (Å²) in [5.74, 6) is -0.509. The molecule has 0 N–H and O–H groups in total. The smallest absolute Gasteiger partial charge is 0.123 e. The van der Waals surface area contributed by atoms with E-state index in [9.17, 15) is 8.60 Å². The first-order valence-corrected chi connectivity index (χ1v) is 7.61. The lowest BCUT2D eigenvalue weighted by Crippen LogP contribution is -2.01. The van der Waals surface area contributed by atoms with Crippen molar-refractivity contribution >= 4 is 34.0 Å². The molecule has 0 fully saturated rings. The van der Waals surface area contributed by atoms with Crippen LogP contribution >= 0.6 is 23.2 Å². The van der Waals surface area contributed by atoms with Crippen LogP contribution in [0.1, 0.15) is 11.1 Å². The number of hydrogen-bond donors (Lipinski definition) is 0. The standard InChI is InChI=1S/C14H8Cl2FNOS/c15-12-2-1-3-13(16)14(12)20(19)8-10-6-11(17)5-4-9(10)7-18/h1-6H,8H2. The van der Waals surface area contributed by atoms with Crippen molar-refractivity contribution < 1.29 is 8.60 Å². The van der Waals surface area contributed by atoms with Gasteiger partial charge in [0.15, 0.2) is 0 Å². The van der Waals surface area contributed by atoms with Crippen molar-refractivity contribution in [2.24, 2.45) is 0 Å². The molecule has 20 heavy (non-hydrogen) atoms. The molecule has 0 aliphatic heterocycles. The largest absolute Gasteiger partial charge is 0.254 e. The van der Waals surface area contributed by atoms with E-state index >= 15 is 0 Å². The molecule has 2 rings (SSSR count). The maximum absolute atomic E-state index is 13.2. The van der Waals surface area contributed by atoms with Crippen LogP contribution in [0.2, 0.25) is 10.0 Å². The molecule has 6 heteroatoms. The van der Waals surface area contributed by atoms with Gasteiger partial charge in [-0.2, -0.15) is 5.26 Å². The molecule has 102 valence electrons. The summed E-state index contributed by atoms with van der Waals surface area (Å²) in [6, 6.07) is 10.5. The Balaban J connectivity index is 2.38. The fourth-order valence-corrected chi connectivity index (χ4v) is 3.85. The first-order chi connectivity index (χ1) is 9.52. The molecule has 0 heterocycles. The molecule has 0 radical (unpaired) electrons. The summed E-state index contributed by atoms with van der Waals surface area (Å²) in [7, 11) is -1.56. The topological polar surface area (TPSA) is 40.9 Å². The molecule has 0 aliphatic carbocycles. The molecule has 0 bridgehead atoms. The highest BCUT2D eigenvalue weighted by Gasteiger charge is 2.15. The Labute approximate surface area is 128 Å². The summed E-state index contributed by atoms with van der Waals surface area (Å²) < 4.78 is 25.6. The highest BCUT2D eigenvalue weighted by atomic mass is 35.5. The molecule has 1 unspecified atom stereocenters. The molecule has 0 spiro atoms. The number of rotatable bonds is 3. The van der Waals surface area contributed by atoms with Crippen LogP contribution in [-0.4, -0.2) is 4.21 Å². The first kappa shape index (κ1) is 15.0. The third-order valence-corrected chi connectivity index (χ3v) is 4.94. The van der Waals surface area contributed by atoms with Gasteiger partial charge in [0, 0.05) is 0 Å². The number of halogens is 3. The molecule has 1 atom stereocenters. The van der Waals surface area contributed by atoms with Crippen LogP contribution in [0, 0.1) is 17.1 Å². The fourth-order valence-electron chi connectivity index (χ4n) is 1.70. The molecule has 0 amide bonds. The normalized spacial score (nSPS) is 11.9. The maximum atomic E-state index is 13.2. The summed E-state index contributed by atoms with van der Waals surface area (Å²) in [6.07, 6.45) is 0. The van der Waals surface area contributed by atoms with E-state index in [4.69, 9.17) is 28.5 Å². The van der Waals surface area contributed by atoms with Gasteiger partial charge in [-0.25, -0.2) is 4.39 Å². The van der Waals surface area contributed by atoms with Gasteiger partial charge in [0.2, 0.25) is 0 Å². The third-order valence-electron chi connectivity index (χ3n) is 2.62. The van der Waals surface area contributed by atoms with Crippen LogP contribution in [0.15, 0.2) is 41.3 Å². The molecular formula is C14H8Cl2FNOS. The van der Waals surface area contributed by atoms with Crippen molar-refractivity contribution in [3.05, 3.63) is 63.4 Å². The first-order valence-electron chi connectivity index (χ1n) is 5.54. The molecular weight excluding hydrogens is 320 g/mol. The van der Waals surface area contributed by atoms with E-state index in [1.807, 2.05) is 6.07 Å². The lowest BCUT2D eigenvalue weighted by molar-refractivity contribution is 0.626. The Morgan fingerprint density at radius 3 is 2.45 bits per heavy atom. The van der Waals surface area contributed by atoms with Gasteiger partial charge in [-0.15, -0.1) is 0 Å². The van der Waals surface area contributed by atoms with Crippen LogP contribution in [-0.2, 0) is 16.6 Å². The van der Waals surface area contributed by atoms with E-state index in [-0.39, 0.29) is 21.4 Å². The van der Waals surface area contributed by atoms with Gasteiger partial charge in [0.25, 0.3) is 0 Å². The second-order valence-electron chi connectivity index (χ2n) is 3.95. The minimum Gasteiger partial charge on any atom is -0.254 e. The van der Waals surface area contributed by atoms with Crippen molar-refractivity contribution in [1.29, 1.82) is 5.26 Å². The Hall–Kier alpha value is -1.41. The molecule has 2 aromatic rings. The second kappa shape index (κ2) is 6.36. The van der Waals surface area contributed by atoms with Gasteiger partial charge in [-0.3, -0.25) is 4.21 Å². The zero-order chi connectivity index (χ0) is 14.7. The van der Waals surface area contributed by atoms with Crippen LogP contribution in [0.5, 0.6) is 0 Å². The summed E-state index contributed by atoms with van der Waals surface area (Å²) in [5.41, 5.74) is 0.643. The monoisotopic (exact) mass is 327 g/mol. The predicted octanol–water partition coefficient (Wildman–Crippen LogP) is 4.31. The number of benzene rings is 2. The zero-order valence-corrected chi connectivity index (χ0v) is 12.4. The summed E-state index contributed by atoms with van der Waals surface area (Å²) in [6.45, 7) is 0. The molecule has 2 aromatic carbocycles. The SMILES string of the molecule is N#Cc1ccc(F)cc1CS(=O)c1c(Cl)cccc1Cl. The van der Waals surface area contributed by atoms with Crippen LogP contribution in [0.4, 0.5) is 4.39 Å². The Morgan fingerprint density at radius 2 is 1.85 bits per heavy atom. The lowest BCUT2D eigenvalue weighted by atomic mass is 10.1. The van der Waals surface area contributed by atoms with Gasteiger partial charge in [0.1, 0.15) is 5.82 Å². The summed E-state index contributed by atoms with van der Waals surface area (Å²) in [5, 5.41) is 9.54. The van der Waals surface area contributed by atoms with Crippen LogP contribution in [0.3, 0.4) is 0 Å². The predicted molar refractivity (Wildman–Crippen MR) is 77.7 cm³/mol. The van der Waals surface area contributed by atoms with Crippen molar-refractivity contribution in [3.63, 3.8) is 0 Å². The average Bonchev–Trinajstić information content (AvgIpc) is 2.38.